The highest BCUT2D eigenvalue weighted by Gasteiger charge is 2.20. The monoisotopic (exact) mass is 305 g/mol. The second-order valence-electron chi connectivity index (χ2n) is 5.21. The van der Waals surface area contributed by atoms with E-state index in [0.717, 1.165) is 11.1 Å². The van der Waals surface area contributed by atoms with Gasteiger partial charge in [0.25, 0.3) is 5.91 Å². The van der Waals surface area contributed by atoms with Crippen molar-refractivity contribution >= 4 is 17.7 Å². The summed E-state index contributed by atoms with van der Waals surface area (Å²) >= 11 is 1.55. The Morgan fingerprint density at radius 2 is 2.19 bits per heavy atom. The van der Waals surface area contributed by atoms with Crippen LogP contribution in [0.4, 0.5) is 0 Å². The fourth-order valence-corrected chi connectivity index (χ4v) is 2.73. The van der Waals surface area contributed by atoms with Gasteiger partial charge < -0.3 is 14.8 Å². The zero-order chi connectivity index (χ0) is 15.3. The molecule has 1 aromatic heterocycles. The summed E-state index contributed by atoms with van der Waals surface area (Å²) in [4.78, 5) is 12.2. The van der Waals surface area contributed by atoms with Crippen LogP contribution in [0.25, 0.3) is 11.1 Å². The molecular weight excluding hydrogens is 286 g/mol. The third kappa shape index (κ3) is 4.37. The Labute approximate surface area is 128 Å². The van der Waals surface area contributed by atoms with E-state index in [1.165, 1.54) is 0 Å². The molecule has 1 heterocycles. The Balaban J connectivity index is 2.05. The summed E-state index contributed by atoms with van der Waals surface area (Å²) < 4.78 is 5.05. The molecule has 1 amide bonds. The van der Waals surface area contributed by atoms with Crippen molar-refractivity contribution in [2.45, 2.75) is 12.5 Å². The van der Waals surface area contributed by atoms with E-state index in [4.69, 9.17) is 4.42 Å². The molecule has 0 aliphatic heterocycles. The van der Waals surface area contributed by atoms with E-state index in [9.17, 15) is 9.90 Å². The number of hydrogen-bond acceptors (Lipinski definition) is 4. The maximum absolute atomic E-state index is 12.2. The fourth-order valence-electron chi connectivity index (χ4n) is 2.00. The molecule has 4 nitrogen and oxygen atoms in total. The summed E-state index contributed by atoms with van der Waals surface area (Å²) in [6.07, 6.45) is 5.16. The van der Waals surface area contributed by atoms with Crippen LogP contribution in [0.15, 0.2) is 47.3 Å². The van der Waals surface area contributed by atoms with E-state index < -0.39 is 5.60 Å². The van der Waals surface area contributed by atoms with Gasteiger partial charge in [-0.15, -0.1) is 0 Å². The predicted molar refractivity (Wildman–Crippen MR) is 85.5 cm³/mol. The number of carbonyl (C=O) groups excluding carboxylic acids is 1. The molecule has 0 fully saturated rings. The Hall–Kier alpha value is -1.72. The van der Waals surface area contributed by atoms with Gasteiger partial charge in [0.15, 0.2) is 0 Å². The van der Waals surface area contributed by atoms with Gasteiger partial charge in [0, 0.05) is 23.4 Å². The lowest BCUT2D eigenvalue weighted by atomic mass is 10.1. The SMILES string of the molecule is CSCC(C)(O)CNC(=O)c1cccc(-c2ccoc2)c1. The zero-order valence-corrected chi connectivity index (χ0v) is 12.9. The lowest BCUT2D eigenvalue weighted by Gasteiger charge is -2.22. The molecule has 2 aromatic rings. The molecule has 2 rings (SSSR count). The van der Waals surface area contributed by atoms with Gasteiger partial charge in [-0.3, -0.25) is 4.79 Å². The number of aliphatic hydroxyl groups is 1. The second kappa shape index (κ2) is 6.83. The topological polar surface area (TPSA) is 62.5 Å². The smallest absolute Gasteiger partial charge is 0.251 e. The summed E-state index contributed by atoms with van der Waals surface area (Å²) in [6, 6.07) is 9.16. The first-order chi connectivity index (χ1) is 10.0. The minimum atomic E-state index is -0.906. The lowest BCUT2D eigenvalue weighted by Crippen LogP contribution is -2.42. The van der Waals surface area contributed by atoms with Crippen LogP contribution < -0.4 is 5.32 Å². The largest absolute Gasteiger partial charge is 0.472 e. The average molecular weight is 305 g/mol. The van der Waals surface area contributed by atoms with Crippen LogP contribution in [-0.4, -0.2) is 35.2 Å². The molecule has 1 aromatic carbocycles. The number of hydrogen-bond donors (Lipinski definition) is 2. The molecule has 0 aliphatic carbocycles. The van der Waals surface area contributed by atoms with Crippen LogP contribution >= 0.6 is 11.8 Å². The summed E-state index contributed by atoms with van der Waals surface area (Å²) in [5, 5.41) is 12.8. The minimum Gasteiger partial charge on any atom is -0.472 e. The summed E-state index contributed by atoms with van der Waals surface area (Å²) in [6.45, 7) is 1.94. The molecule has 21 heavy (non-hydrogen) atoms. The van der Waals surface area contributed by atoms with E-state index in [1.807, 2.05) is 30.5 Å². The summed E-state index contributed by atoms with van der Waals surface area (Å²) in [5.41, 5.74) is 1.51. The molecule has 1 atom stereocenters. The number of rotatable bonds is 6. The standard InChI is InChI=1S/C16H19NO3S/c1-16(19,11-21-2)10-17-15(18)13-5-3-4-12(8-13)14-6-7-20-9-14/h3-9,19H,10-11H2,1-2H3,(H,17,18). The third-order valence-electron chi connectivity index (χ3n) is 3.06. The first-order valence-corrected chi connectivity index (χ1v) is 8.03. The van der Waals surface area contributed by atoms with Gasteiger partial charge in [-0.2, -0.15) is 11.8 Å². The van der Waals surface area contributed by atoms with Crippen LogP contribution in [0.3, 0.4) is 0 Å². The van der Waals surface area contributed by atoms with E-state index in [2.05, 4.69) is 5.32 Å². The van der Waals surface area contributed by atoms with Crippen molar-refractivity contribution in [3.8, 4) is 11.1 Å². The minimum absolute atomic E-state index is 0.193. The van der Waals surface area contributed by atoms with Crippen molar-refractivity contribution in [2.24, 2.45) is 0 Å². The highest BCUT2D eigenvalue weighted by atomic mass is 32.2. The molecule has 0 aliphatic rings. The van der Waals surface area contributed by atoms with Gasteiger partial charge in [-0.1, -0.05) is 12.1 Å². The molecule has 112 valence electrons. The maximum atomic E-state index is 12.2. The number of thioether (sulfide) groups is 1. The Bertz CT molecular complexity index is 593. The molecule has 0 radical (unpaired) electrons. The maximum Gasteiger partial charge on any atom is 0.251 e. The average Bonchev–Trinajstić information content (AvgIpc) is 2.99. The van der Waals surface area contributed by atoms with Crippen molar-refractivity contribution in [1.82, 2.24) is 5.32 Å². The number of furan rings is 1. The quantitative estimate of drug-likeness (QED) is 0.861. The summed E-state index contributed by atoms with van der Waals surface area (Å²) in [7, 11) is 0. The van der Waals surface area contributed by atoms with Gasteiger partial charge in [-0.05, 0) is 36.9 Å². The van der Waals surface area contributed by atoms with Crippen molar-refractivity contribution < 1.29 is 14.3 Å². The third-order valence-corrected chi connectivity index (χ3v) is 3.97. The fraction of sp³-hybridized carbons (Fsp3) is 0.312. The van der Waals surface area contributed by atoms with Crippen LogP contribution in [0.1, 0.15) is 17.3 Å². The molecule has 0 bridgehead atoms. The van der Waals surface area contributed by atoms with Gasteiger partial charge in [0.1, 0.15) is 0 Å². The molecule has 2 N–H and O–H groups in total. The molecule has 0 spiro atoms. The van der Waals surface area contributed by atoms with E-state index >= 15 is 0 Å². The number of nitrogens with one attached hydrogen (secondary N) is 1. The Morgan fingerprint density at radius 3 is 2.86 bits per heavy atom. The van der Waals surface area contributed by atoms with Crippen molar-refractivity contribution in [3.05, 3.63) is 48.4 Å². The van der Waals surface area contributed by atoms with E-state index in [0.29, 0.717) is 11.3 Å². The first kappa shape index (κ1) is 15.7. The molecule has 1 unspecified atom stereocenters. The molecule has 5 heteroatoms. The van der Waals surface area contributed by atoms with Crippen LogP contribution in [0.2, 0.25) is 0 Å². The zero-order valence-electron chi connectivity index (χ0n) is 12.1. The van der Waals surface area contributed by atoms with Crippen molar-refractivity contribution in [1.29, 1.82) is 0 Å². The predicted octanol–water partition coefficient (Wildman–Crippen LogP) is 2.79. The van der Waals surface area contributed by atoms with Crippen LogP contribution in [0, 0.1) is 0 Å². The Kier molecular flexibility index (Phi) is 5.09. The van der Waals surface area contributed by atoms with Crippen LogP contribution in [0.5, 0.6) is 0 Å². The van der Waals surface area contributed by atoms with E-state index in [-0.39, 0.29) is 12.5 Å². The van der Waals surface area contributed by atoms with E-state index in [1.54, 1.807) is 37.3 Å². The highest BCUT2D eigenvalue weighted by molar-refractivity contribution is 7.98. The van der Waals surface area contributed by atoms with Gasteiger partial charge in [0.2, 0.25) is 0 Å². The molecular formula is C16H19NO3S. The van der Waals surface area contributed by atoms with Gasteiger partial charge in [0.05, 0.1) is 18.1 Å². The van der Waals surface area contributed by atoms with Crippen molar-refractivity contribution in [3.63, 3.8) is 0 Å². The number of carbonyl (C=O) groups is 1. The Morgan fingerprint density at radius 1 is 1.38 bits per heavy atom. The van der Waals surface area contributed by atoms with Gasteiger partial charge in [-0.25, -0.2) is 0 Å². The number of benzene rings is 1. The normalized spacial score (nSPS) is 13.7. The second-order valence-corrected chi connectivity index (χ2v) is 6.07. The first-order valence-electron chi connectivity index (χ1n) is 6.64. The molecule has 0 saturated carbocycles. The van der Waals surface area contributed by atoms with Gasteiger partial charge >= 0.3 is 0 Å². The lowest BCUT2D eigenvalue weighted by molar-refractivity contribution is 0.0725. The highest BCUT2D eigenvalue weighted by Crippen LogP contribution is 2.20. The van der Waals surface area contributed by atoms with Crippen LogP contribution in [-0.2, 0) is 0 Å². The molecule has 0 saturated heterocycles. The summed E-state index contributed by atoms with van der Waals surface area (Å²) in [5.74, 6) is 0.379. The van der Waals surface area contributed by atoms with Crippen molar-refractivity contribution in [2.75, 3.05) is 18.6 Å². The number of amides is 1.